The van der Waals surface area contributed by atoms with E-state index in [0.717, 1.165) is 27.8 Å². The molecule has 1 atom stereocenters. The molecule has 0 bridgehead atoms. The van der Waals surface area contributed by atoms with Gasteiger partial charge in [-0.2, -0.15) is 0 Å². The van der Waals surface area contributed by atoms with Gasteiger partial charge >= 0.3 is 5.97 Å². The number of imide groups is 1. The summed E-state index contributed by atoms with van der Waals surface area (Å²) in [5.41, 5.74) is 3.52. The number of carbonyl (C=O) groups is 4. The normalized spacial score (nSPS) is 15.4. The molecule has 1 fully saturated rings. The molecule has 1 saturated heterocycles. The van der Waals surface area contributed by atoms with E-state index in [9.17, 15) is 19.2 Å². The monoisotopic (exact) mass is 482 g/mol. The molecule has 0 spiro atoms. The lowest BCUT2D eigenvalue weighted by Gasteiger charge is -2.19. The molecule has 3 rings (SSSR count). The lowest BCUT2D eigenvalue weighted by atomic mass is 10.1. The molecule has 0 unspecified atom stereocenters. The van der Waals surface area contributed by atoms with Crippen LogP contribution in [0.2, 0.25) is 0 Å². The van der Waals surface area contributed by atoms with Gasteiger partial charge in [0.2, 0.25) is 0 Å². The van der Waals surface area contributed by atoms with Crippen molar-refractivity contribution in [3.63, 3.8) is 0 Å². The summed E-state index contributed by atoms with van der Waals surface area (Å²) in [5, 5.41) is 2.26. The topological polar surface area (TPSA) is 102 Å². The number of nitrogens with zero attached hydrogens (tertiary/aromatic N) is 1. The lowest BCUT2D eigenvalue weighted by Crippen LogP contribution is -2.42. The highest BCUT2D eigenvalue weighted by atomic mass is 32.2. The highest BCUT2D eigenvalue weighted by Gasteiger charge is 2.41. The van der Waals surface area contributed by atoms with E-state index in [4.69, 9.17) is 9.47 Å². The Labute approximate surface area is 202 Å². The van der Waals surface area contributed by atoms with Gasteiger partial charge in [-0.05, 0) is 86.5 Å². The molecule has 1 heterocycles. The van der Waals surface area contributed by atoms with Crippen molar-refractivity contribution >= 4 is 46.5 Å². The van der Waals surface area contributed by atoms with E-state index in [2.05, 4.69) is 5.32 Å². The quantitative estimate of drug-likeness (QED) is 0.442. The molecule has 0 aliphatic carbocycles. The summed E-state index contributed by atoms with van der Waals surface area (Å²) in [6, 6.07) is 11.5. The SMILES string of the molecule is CCOC(=O)[C@H](C)N1C(=O)S/C(=C/c2cccc(OCC(=O)Nc3ccc(C)c(C)c3)c2)C1=O. The number of esters is 1. The standard InChI is InChI=1S/C25H26N2O6S/c1-5-32-24(30)17(4)27-23(29)21(34-25(27)31)13-18-7-6-8-20(12-18)33-14-22(28)26-19-10-9-15(2)16(3)11-19/h6-13,17H,5,14H2,1-4H3,(H,26,28)/b21-13+/t17-/m0/s1. The predicted molar refractivity (Wildman–Crippen MR) is 130 cm³/mol. The maximum atomic E-state index is 12.7. The van der Waals surface area contributed by atoms with Crippen LogP contribution in [0.3, 0.4) is 0 Å². The molecule has 1 aliphatic rings. The van der Waals surface area contributed by atoms with Crippen molar-refractivity contribution in [2.24, 2.45) is 0 Å². The van der Waals surface area contributed by atoms with Crippen molar-refractivity contribution in [2.45, 2.75) is 33.7 Å². The van der Waals surface area contributed by atoms with Crippen LogP contribution in [-0.4, -0.2) is 47.2 Å². The second kappa shape index (κ2) is 11.0. The second-order valence-electron chi connectivity index (χ2n) is 7.69. The van der Waals surface area contributed by atoms with Gasteiger partial charge in [0.05, 0.1) is 11.5 Å². The van der Waals surface area contributed by atoms with Crippen molar-refractivity contribution in [1.82, 2.24) is 4.90 Å². The zero-order chi connectivity index (χ0) is 24.8. The van der Waals surface area contributed by atoms with Gasteiger partial charge in [-0.15, -0.1) is 0 Å². The highest BCUT2D eigenvalue weighted by molar-refractivity contribution is 8.18. The summed E-state index contributed by atoms with van der Waals surface area (Å²) < 4.78 is 10.5. The van der Waals surface area contributed by atoms with Crippen LogP contribution in [0.5, 0.6) is 5.75 Å². The number of nitrogens with one attached hydrogen (secondary N) is 1. The lowest BCUT2D eigenvalue weighted by molar-refractivity contribution is -0.150. The number of aryl methyl sites for hydroxylation is 2. The van der Waals surface area contributed by atoms with Gasteiger partial charge in [0, 0.05) is 5.69 Å². The third kappa shape index (κ3) is 6.05. The largest absolute Gasteiger partial charge is 0.484 e. The van der Waals surface area contributed by atoms with Crippen LogP contribution in [0.25, 0.3) is 6.08 Å². The van der Waals surface area contributed by atoms with Crippen LogP contribution >= 0.6 is 11.8 Å². The van der Waals surface area contributed by atoms with Crippen molar-refractivity contribution < 1.29 is 28.7 Å². The summed E-state index contributed by atoms with van der Waals surface area (Å²) in [7, 11) is 0. The zero-order valence-electron chi connectivity index (χ0n) is 19.4. The average molecular weight is 483 g/mol. The van der Waals surface area contributed by atoms with Crippen molar-refractivity contribution in [3.05, 3.63) is 64.1 Å². The van der Waals surface area contributed by atoms with E-state index >= 15 is 0 Å². The van der Waals surface area contributed by atoms with Gasteiger partial charge in [0.1, 0.15) is 11.8 Å². The minimum atomic E-state index is -1.01. The predicted octanol–water partition coefficient (Wildman–Crippen LogP) is 4.31. The van der Waals surface area contributed by atoms with Crippen molar-refractivity contribution in [2.75, 3.05) is 18.5 Å². The van der Waals surface area contributed by atoms with E-state index < -0.39 is 23.2 Å². The first kappa shape index (κ1) is 25.0. The van der Waals surface area contributed by atoms with Crippen LogP contribution in [0.1, 0.15) is 30.5 Å². The zero-order valence-corrected chi connectivity index (χ0v) is 20.2. The van der Waals surface area contributed by atoms with E-state index in [1.54, 1.807) is 37.3 Å². The molecule has 178 valence electrons. The van der Waals surface area contributed by atoms with Crippen molar-refractivity contribution in [1.29, 1.82) is 0 Å². The molecule has 0 saturated carbocycles. The molecule has 1 N–H and O–H groups in total. The molecule has 2 aromatic rings. The van der Waals surface area contributed by atoms with Gasteiger partial charge in [0.25, 0.3) is 17.1 Å². The van der Waals surface area contributed by atoms with E-state index in [0.29, 0.717) is 17.0 Å². The van der Waals surface area contributed by atoms with E-state index in [-0.39, 0.29) is 24.0 Å². The first-order chi connectivity index (χ1) is 16.2. The Bertz CT molecular complexity index is 1160. The summed E-state index contributed by atoms with van der Waals surface area (Å²) in [6.07, 6.45) is 1.55. The number of amides is 3. The molecular weight excluding hydrogens is 456 g/mol. The third-order valence-corrected chi connectivity index (χ3v) is 6.04. The van der Waals surface area contributed by atoms with Gasteiger partial charge in [0.15, 0.2) is 6.61 Å². The minimum Gasteiger partial charge on any atom is -0.484 e. The minimum absolute atomic E-state index is 0.157. The van der Waals surface area contributed by atoms with Gasteiger partial charge in [-0.25, -0.2) is 4.79 Å². The molecule has 3 amide bonds. The Morgan fingerprint density at radius 1 is 1.12 bits per heavy atom. The summed E-state index contributed by atoms with van der Waals surface area (Å²) in [5.74, 6) is -1.07. The maximum Gasteiger partial charge on any atom is 0.329 e. The van der Waals surface area contributed by atoms with E-state index in [1.165, 1.54) is 6.92 Å². The number of ether oxygens (including phenoxy) is 2. The molecule has 8 nitrogen and oxygen atoms in total. The fraction of sp³-hybridized carbons (Fsp3) is 0.280. The van der Waals surface area contributed by atoms with Crippen LogP contribution in [0.4, 0.5) is 10.5 Å². The molecule has 0 radical (unpaired) electrons. The number of rotatable bonds is 8. The number of anilines is 1. The fourth-order valence-electron chi connectivity index (χ4n) is 3.19. The number of hydrogen-bond acceptors (Lipinski definition) is 7. The number of benzene rings is 2. The Morgan fingerprint density at radius 3 is 2.59 bits per heavy atom. The Hall–Kier alpha value is -3.59. The second-order valence-corrected chi connectivity index (χ2v) is 8.68. The van der Waals surface area contributed by atoms with Gasteiger partial charge in [-0.3, -0.25) is 19.3 Å². The molecule has 1 aliphatic heterocycles. The van der Waals surface area contributed by atoms with Crippen molar-refractivity contribution in [3.8, 4) is 5.75 Å². The maximum absolute atomic E-state index is 12.7. The highest BCUT2D eigenvalue weighted by Crippen LogP contribution is 2.34. The van der Waals surface area contributed by atoms with Gasteiger partial charge < -0.3 is 14.8 Å². The number of thioether (sulfide) groups is 1. The van der Waals surface area contributed by atoms with Crippen LogP contribution in [0.15, 0.2) is 47.4 Å². The third-order valence-electron chi connectivity index (χ3n) is 5.16. The number of carbonyl (C=O) groups excluding carboxylic acids is 4. The Balaban J connectivity index is 1.64. The molecule has 9 heteroatoms. The summed E-state index contributed by atoms with van der Waals surface area (Å²) in [6.45, 7) is 7.04. The summed E-state index contributed by atoms with van der Waals surface area (Å²) >= 11 is 0.754. The average Bonchev–Trinajstić information content (AvgIpc) is 3.07. The first-order valence-corrected chi connectivity index (χ1v) is 11.5. The van der Waals surface area contributed by atoms with Crippen LogP contribution < -0.4 is 10.1 Å². The van der Waals surface area contributed by atoms with Crippen LogP contribution in [0, 0.1) is 13.8 Å². The Kier molecular flexibility index (Phi) is 8.12. The van der Waals surface area contributed by atoms with Gasteiger partial charge in [-0.1, -0.05) is 18.2 Å². The first-order valence-electron chi connectivity index (χ1n) is 10.7. The molecule has 0 aromatic heterocycles. The summed E-state index contributed by atoms with van der Waals surface area (Å²) in [4.78, 5) is 50.3. The smallest absolute Gasteiger partial charge is 0.329 e. The molecule has 34 heavy (non-hydrogen) atoms. The fourth-order valence-corrected chi connectivity index (χ4v) is 4.10. The van der Waals surface area contributed by atoms with E-state index in [1.807, 2.05) is 32.0 Å². The van der Waals surface area contributed by atoms with Crippen LogP contribution in [-0.2, 0) is 19.1 Å². The molecular formula is C25H26N2O6S. The number of hydrogen-bond donors (Lipinski definition) is 1. The molecule has 2 aromatic carbocycles. The Morgan fingerprint density at radius 2 is 1.88 bits per heavy atom.